The van der Waals surface area contributed by atoms with E-state index in [9.17, 15) is 22.8 Å². The van der Waals surface area contributed by atoms with Crippen molar-refractivity contribution < 1.29 is 32.2 Å². The van der Waals surface area contributed by atoms with E-state index in [1.54, 1.807) is 20.8 Å². The number of hydrogen-bond acceptors (Lipinski definition) is 5. The quantitative estimate of drug-likeness (QED) is 0.625. The van der Waals surface area contributed by atoms with E-state index in [4.69, 9.17) is 9.47 Å². The average Bonchev–Trinajstić information content (AvgIpc) is 3.25. The van der Waals surface area contributed by atoms with Crippen LogP contribution in [-0.2, 0) is 28.8 Å². The van der Waals surface area contributed by atoms with Crippen LogP contribution in [0.2, 0.25) is 0 Å². The molecule has 1 saturated heterocycles. The van der Waals surface area contributed by atoms with Crippen molar-refractivity contribution in [3.8, 4) is 0 Å². The van der Waals surface area contributed by atoms with Crippen LogP contribution in [-0.4, -0.2) is 63.0 Å². The highest BCUT2D eigenvalue weighted by Crippen LogP contribution is 2.27. The summed E-state index contributed by atoms with van der Waals surface area (Å²) in [5.41, 5.74) is -0.845. The smallest absolute Gasteiger partial charge is 0.435 e. The van der Waals surface area contributed by atoms with Crippen molar-refractivity contribution in [1.82, 2.24) is 19.6 Å². The molecule has 1 atom stereocenters. The van der Waals surface area contributed by atoms with Gasteiger partial charge in [0.2, 0.25) is 0 Å². The fourth-order valence-corrected chi connectivity index (χ4v) is 3.56. The zero-order valence-corrected chi connectivity index (χ0v) is 19.4. The van der Waals surface area contributed by atoms with Gasteiger partial charge in [-0.25, -0.2) is 9.59 Å². The topological polar surface area (TPSA) is 76.9 Å². The second-order valence-corrected chi connectivity index (χ2v) is 9.06. The fraction of sp³-hybridized carbons (Fsp3) is 0.522. The van der Waals surface area contributed by atoms with Gasteiger partial charge in [-0.1, -0.05) is 30.3 Å². The molecular formula is C23H29F3N4O4. The van der Waals surface area contributed by atoms with Crippen LogP contribution in [0.3, 0.4) is 0 Å². The largest absolute Gasteiger partial charge is 0.445 e. The van der Waals surface area contributed by atoms with Gasteiger partial charge in [-0.3, -0.25) is 4.68 Å². The summed E-state index contributed by atoms with van der Waals surface area (Å²) in [5, 5.41) is 3.56. The molecule has 1 aliphatic heterocycles. The molecule has 1 fully saturated rings. The first-order chi connectivity index (χ1) is 15.9. The highest BCUT2D eigenvalue weighted by atomic mass is 19.4. The molecule has 2 aromatic rings. The number of ether oxygens (including phenoxy) is 2. The second kappa shape index (κ2) is 10.4. The first kappa shape index (κ1) is 25.4. The summed E-state index contributed by atoms with van der Waals surface area (Å²) in [7, 11) is 0. The molecule has 1 aromatic heterocycles. The van der Waals surface area contributed by atoms with Crippen LogP contribution in [0.4, 0.5) is 22.8 Å². The number of hydrogen-bond donors (Lipinski definition) is 0. The van der Waals surface area contributed by atoms with Gasteiger partial charge >= 0.3 is 18.4 Å². The normalized spacial score (nSPS) is 16.9. The molecule has 3 rings (SSSR count). The first-order valence-electron chi connectivity index (χ1n) is 11.0. The lowest BCUT2D eigenvalue weighted by Gasteiger charge is -2.41. The van der Waals surface area contributed by atoms with Crippen molar-refractivity contribution >= 4 is 12.2 Å². The lowest BCUT2D eigenvalue weighted by Crippen LogP contribution is -2.57. The van der Waals surface area contributed by atoms with Gasteiger partial charge in [0.05, 0.1) is 6.04 Å². The Hall–Kier alpha value is -3.24. The van der Waals surface area contributed by atoms with Crippen molar-refractivity contribution in [3.63, 3.8) is 0 Å². The number of piperazine rings is 1. The van der Waals surface area contributed by atoms with Gasteiger partial charge in [-0.15, -0.1) is 0 Å². The Bertz CT molecular complexity index is 973. The second-order valence-electron chi connectivity index (χ2n) is 9.06. The van der Waals surface area contributed by atoms with Crippen LogP contribution >= 0.6 is 0 Å². The molecule has 2 heterocycles. The predicted octanol–water partition coefficient (Wildman–Crippen LogP) is 4.55. The lowest BCUT2D eigenvalue weighted by atomic mass is 10.1. The Kier molecular flexibility index (Phi) is 7.73. The number of nitrogens with zero attached hydrogens (tertiary/aromatic N) is 4. The molecule has 1 aliphatic rings. The third-order valence-electron chi connectivity index (χ3n) is 5.20. The molecular weight excluding hydrogens is 453 g/mol. The number of amides is 2. The van der Waals surface area contributed by atoms with E-state index in [1.165, 1.54) is 20.7 Å². The molecule has 11 heteroatoms. The van der Waals surface area contributed by atoms with Crippen molar-refractivity contribution in [2.45, 2.75) is 58.2 Å². The van der Waals surface area contributed by atoms with Crippen LogP contribution in [0.15, 0.2) is 42.6 Å². The van der Waals surface area contributed by atoms with E-state index in [-0.39, 0.29) is 39.2 Å². The monoisotopic (exact) mass is 482 g/mol. The molecule has 186 valence electrons. The van der Waals surface area contributed by atoms with Crippen LogP contribution < -0.4 is 0 Å². The van der Waals surface area contributed by atoms with Crippen molar-refractivity contribution in [1.29, 1.82) is 0 Å². The van der Waals surface area contributed by atoms with E-state index in [0.717, 1.165) is 11.6 Å². The standard InChI is InChI=1S/C23H29F3N4O4/c1-22(2,3)34-21(32)30-14-13-28(20(31)33-16-17-7-5-4-6-8-17)15-18(30)9-11-29-12-10-19(27-29)23(24,25)26/h4-8,10,12,18H,9,11,13-16H2,1-3H3/t18-/m1/s1. The number of carbonyl (C=O) groups is 2. The Labute approximate surface area is 196 Å². The minimum absolute atomic E-state index is 0.115. The summed E-state index contributed by atoms with van der Waals surface area (Å²) in [4.78, 5) is 28.4. The summed E-state index contributed by atoms with van der Waals surface area (Å²) in [6.07, 6.45) is -4.06. The zero-order chi connectivity index (χ0) is 24.9. The number of carbonyl (C=O) groups excluding carboxylic acids is 2. The number of rotatable bonds is 5. The maximum Gasteiger partial charge on any atom is 0.435 e. The number of halogens is 3. The summed E-state index contributed by atoms with van der Waals surface area (Å²) < 4.78 is 50.6. The molecule has 8 nitrogen and oxygen atoms in total. The summed E-state index contributed by atoms with van der Waals surface area (Å²) in [5.74, 6) is 0. The van der Waals surface area contributed by atoms with E-state index < -0.39 is 35.7 Å². The Morgan fingerprint density at radius 2 is 1.76 bits per heavy atom. The highest BCUT2D eigenvalue weighted by Gasteiger charge is 2.36. The van der Waals surface area contributed by atoms with Crippen LogP contribution in [0.1, 0.15) is 38.4 Å². The van der Waals surface area contributed by atoms with E-state index in [0.29, 0.717) is 0 Å². The minimum atomic E-state index is -4.53. The van der Waals surface area contributed by atoms with Gasteiger partial charge in [-0.05, 0) is 38.8 Å². The minimum Gasteiger partial charge on any atom is -0.445 e. The molecule has 0 spiro atoms. The summed E-state index contributed by atoms with van der Waals surface area (Å²) in [6.45, 7) is 6.13. The van der Waals surface area contributed by atoms with Gasteiger partial charge in [0, 0.05) is 32.4 Å². The number of alkyl halides is 3. The zero-order valence-electron chi connectivity index (χ0n) is 19.4. The highest BCUT2D eigenvalue weighted by molar-refractivity contribution is 5.71. The van der Waals surface area contributed by atoms with Crippen LogP contribution in [0.5, 0.6) is 0 Å². The van der Waals surface area contributed by atoms with Crippen molar-refractivity contribution in [2.24, 2.45) is 0 Å². The molecule has 34 heavy (non-hydrogen) atoms. The van der Waals surface area contributed by atoms with Gasteiger partial charge in [-0.2, -0.15) is 18.3 Å². The molecule has 0 N–H and O–H groups in total. The predicted molar refractivity (Wildman–Crippen MR) is 117 cm³/mol. The van der Waals surface area contributed by atoms with E-state index >= 15 is 0 Å². The summed E-state index contributed by atoms with van der Waals surface area (Å²) >= 11 is 0. The van der Waals surface area contributed by atoms with E-state index in [2.05, 4.69) is 5.10 Å². The van der Waals surface area contributed by atoms with Gasteiger partial charge in [0.15, 0.2) is 5.69 Å². The molecule has 1 aromatic carbocycles. The third kappa shape index (κ3) is 7.13. The number of benzene rings is 1. The maximum absolute atomic E-state index is 12.9. The van der Waals surface area contributed by atoms with Crippen LogP contribution in [0, 0.1) is 0 Å². The van der Waals surface area contributed by atoms with Crippen molar-refractivity contribution in [3.05, 3.63) is 53.9 Å². The van der Waals surface area contributed by atoms with Gasteiger partial charge < -0.3 is 19.3 Å². The lowest BCUT2D eigenvalue weighted by molar-refractivity contribution is -0.141. The summed E-state index contributed by atoms with van der Waals surface area (Å²) in [6, 6.07) is 9.66. The molecule has 0 bridgehead atoms. The molecule has 0 saturated carbocycles. The van der Waals surface area contributed by atoms with Crippen molar-refractivity contribution in [2.75, 3.05) is 19.6 Å². The van der Waals surface area contributed by atoms with Gasteiger partial charge in [0.1, 0.15) is 12.2 Å². The first-order valence-corrected chi connectivity index (χ1v) is 11.0. The molecule has 0 radical (unpaired) electrons. The third-order valence-corrected chi connectivity index (χ3v) is 5.20. The number of aromatic nitrogens is 2. The molecule has 0 aliphatic carbocycles. The average molecular weight is 483 g/mol. The Morgan fingerprint density at radius 3 is 2.38 bits per heavy atom. The Balaban J connectivity index is 1.66. The Morgan fingerprint density at radius 1 is 1.06 bits per heavy atom. The maximum atomic E-state index is 12.9. The SMILES string of the molecule is CC(C)(C)OC(=O)N1CCN(C(=O)OCc2ccccc2)C[C@H]1CCn1ccc(C(F)(F)F)n1. The number of aryl methyl sites for hydroxylation is 1. The van der Waals surface area contributed by atoms with Gasteiger partial charge in [0.25, 0.3) is 0 Å². The molecule has 2 amide bonds. The van der Waals surface area contributed by atoms with Crippen LogP contribution in [0.25, 0.3) is 0 Å². The molecule has 0 unspecified atom stereocenters. The fourth-order valence-electron chi connectivity index (χ4n) is 3.56. The van der Waals surface area contributed by atoms with E-state index in [1.807, 2.05) is 30.3 Å².